The molecule has 2 fully saturated rings. The number of nitrogens with zero attached hydrogens (tertiary/aromatic N) is 1. The summed E-state index contributed by atoms with van der Waals surface area (Å²) >= 11 is 0. The minimum Gasteiger partial charge on any atom is -0.481 e. The molecule has 2 aliphatic rings. The Balaban J connectivity index is 2.36. The normalized spacial score (nSPS) is 19.9. The molecule has 316 valence electrons. The average molecular weight is 796 g/mol. The highest BCUT2D eigenvalue weighted by Crippen LogP contribution is 2.28. The fraction of sp³-hybridized carbons (Fsp3) is 0.757. The number of aliphatic carboxylic acids is 2. The molecule has 10 N–H and O–H groups in total. The molecule has 0 aromatic rings. The van der Waals surface area contributed by atoms with Crippen LogP contribution in [0, 0.1) is 17.8 Å². The first-order chi connectivity index (χ1) is 26.2. The summed E-state index contributed by atoms with van der Waals surface area (Å²) in [6, 6.07) is -8.08. The van der Waals surface area contributed by atoms with E-state index in [-0.39, 0.29) is 62.8 Å². The van der Waals surface area contributed by atoms with E-state index in [1.54, 1.807) is 27.7 Å². The number of nitrogens with two attached hydrogens (primary N) is 1. The first-order valence-electron chi connectivity index (χ1n) is 19.4. The summed E-state index contributed by atoms with van der Waals surface area (Å²) in [7, 11) is 0. The van der Waals surface area contributed by atoms with Gasteiger partial charge in [0.15, 0.2) is 0 Å². The molecule has 19 heteroatoms. The second kappa shape index (κ2) is 22.7. The van der Waals surface area contributed by atoms with Gasteiger partial charge in [0.25, 0.3) is 0 Å². The van der Waals surface area contributed by atoms with Gasteiger partial charge in [0, 0.05) is 26.3 Å². The SMILES string of the molecule is CC(=O)N[C@@H](CCC(N)=O)C(=O)N[C@@H](CC1CCCCC1)C(=O)N[C@@H](CC(=O)O)C(=O)N[C@@H](CC(C)C)C(=O)N1CC(O)C[C@H]1C(=O)N[C@@H](CC(C)C)C(=O)O. The van der Waals surface area contributed by atoms with E-state index in [1.165, 1.54) is 6.92 Å². The number of rotatable bonds is 22. The molecule has 2 rings (SSSR count). The van der Waals surface area contributed by atoms with E-state index in [0.29, 0.717) is 0 Å². The Kier molecular flexibility index (Phi) is 19.2. The van der Waals surface area contributed by atoms with Crippen molar-refractivity contribution in [3.63, 3.8) is 0 Å². The summed E-state index contributed by atoms with van der Waals surface area (Å²) in [5.74, 6) is -8.60. The van der Waals surface area contributed by atoms with Gasteiger partial charge in [-0.05, 0) is 43.4 Å². The van der Waals surface area contributed by atoms with Gasteiger partial charge in [-0.1, -0.05) is 59.8 Å². The van der Waals surface area contributed by atoms with Crippen molar-refractivity contribution >= 4 is 53.3 Å². The first-order valence-corrected chi connectivity index (χ1v) is 19.4. The van der Waals surface area contributed by atoms with Gasteiger partial charge in [0.1, 0.15) is 36.3 Å². The number of aliphatic hydroxyl groups excluding tert-OH is 1. The summed E-state index contributed by atoms with van der Waals surface area (Å²) in [6.07, 6.45) is 1.95. The zero-order valence-corrected chi connectivity index (χ0v) is 33.0. The van der Waals surface area contributed by atoms with Gasteiger partial charge in [-0.15, -0.1) is 0 Å². The second-order valence-electron chi connectivity index (χ2n) is 15.8. The Labute approximate surface area is 327 Å². The van der Waals surface area contributed by atoms with E-state index in [9.17, 15) is 58.5 Å². The quantitative estimate of drug-likeness (QED) is 0.0656. The van der Waals surface area contributed by atoms with Gasteiger partial charge in [0.05, 0.1) is 12.5 Å². The second-order valence-corrected chi connectivity index (χ2v) is 15.8. The maximum absolute atomic E-state index is 14.0. The molecule has 0 radical (unpaired) electrons. The van der Waals surface area contributed by atoms with Gasteiger partial charge in [-0.3, -0.25) is 38.4 Å². The van der Waals surface area contributed by atoms with Crippen molar-refractivity contribution < 1.29 is 58.5 Å². The number of carboxylic acids is 2. The van der Waals surface area contributed by atoms with Crippen LogP contribution in [-0.2, 0) is 43.2 Å². The van der Waals surface area contributed by atoms with Crippen LogP contribution in [0.4, 0.5) is 0 Å². The topological polar surface area (TPSA) is 304 Å². The Morgan fingerprint density at radius 1 is 0.714 bits per heavy atom. The van der Waals surface area contributed by atoms with Crippen molar-refractivity contribution in [2.45, 2.75) is 154 Å². The van der Waals surface area contributed by atoms with E-state index < -0.39 is 102 Å². The van der Waals surface area contributed by atoms with Crippen LogP contribution in [0.3, 0.4) is 0 Å². The molecule has 0 spiro atoms. The third-order valence-corrected chi connectivity index (χ3v) is 9.82. The van der Waals surface area contributed by atoms with Gasteiger partial charge in [-0.25, -0.2) is 4.79 Å². The number of carboxylic acid groups (broad SMARTS) is 2. The number of aliphatic hydroxyl groups is 1. The molecule has 19 nitrogen and oxygen atoms in total. The predicted octanol–water partition coefficient (Wildman–Crippen LogP) is -0.720. The van der Waals surface area contributed by atoms with Crippen LogP contribution in [0.5, 0.6) is 0 Å². The summed E-state index contributed by atoms with van der Waals surface area (Å²) in [5.41, 5.74) is 5.24. The van der Waals surface area contributed by atoms with Crippen molar-refractivity contribution in [1.82, 2.24) is 31.5 Å². The van der Waals surface area contributed by atoms with Crippen LogP contribution in [-0.4, -0.2) is 122 Å². The highest BCUT2D eigenvalue weighted by Gasteiger charge is 2.43. The molecular weight excluding hydrogens is 734 g/mol. The number of primary amides is 1. The molecule has 0 aromatic carbocycles. The maximum Gasteiger partial charge on any atom is 0.326 e. The molecule has 7 amide bonds. The van der Waals surface area contributed by atoms with E-state index in [2.05, 4.69) is 26.6 Å². The number of hydrogen-bond donors (Lipinski definition) is 9. The maximum atomic E-state index is 14.0. The third-order valence-electron chi connectivity index (χ3n) is 9.82. The lowest BCUT2D eigenvalue weighted by atomic mass is 9.84. The first kappa shape index (κ1) is 47.3. The predicted molar refractivity (Wildman–Crippen MR) is 200 cm³/mol. The van der Waals surface area contributed by atoms with Crippen LogP contribution in [0.15, 0.2) is 0 Å². The summed E-state index contributed by atoms with van der Waals surface area (Å²) in [5, 5.41) is 42.3. The molecule has 56 heavy (non-hydrogen) atoms. The molecule has 1 saturated heterocycles. The van der Waals surface area contributed by atoms with Crippen molar-refractivity contribution in [2.24, 2.45) is 23.5 Å². The van der Waals surface area contributed by atoms with E-state index in [0.717, 1.165) is 37.0 Å². The van der Waals surface area contributed by atoms with Crippen LogP contribution in [0.1, 0.15) is 112 Å². The van der Waals surface area contributed by atoms with Crippen LogP contribution in [0.2, 0.25) is 0 Å². The number of hydrogen-bond acceptors (Lipinski definition) is 10. The standard InChI is InChI=1S/C37H61N7O12/c1-19(2)13-27(36(54)44-18-23(46)16-29(44)35(53)43-28(37(55)56)14-20(3)4)42-34(52)26(17-31(48)49)41-33(51)25(15-22-9-7-6-8-10-22)40-32(50)24(39-21(5)45)11-12-30(38)47/h19-20,22-29,46H,6-18H2,1-5H3,(H2,38,47)(H,39,45)(H,40,50)(H,41,51)(H,42,52)(H,43,53)(H,48,49)(H,55,56)/t23?,24-,25-,26-,27-,28-,29-/m0/s1. The van der Waals surface area contributed by atoms with Gasteiger partial charge >= 0.3 is 11.9 Å². The molecule has 7 atom stereocenters. The largest absolute Gasteiger partial charge is 0.481 e. The number of carbonyl (C=O) groups is 9. The Bertz CT molecular complexity index is 1430. The molecule has 1 unspecified atom stereocenters. The number of amides is 7. The number of carbonyl (C=O) groups excluding carboxylic acids is 7. The summed E-state index contributed by atoms with van der Waals surface area (Å²) < 4.78 is 0. The lowest BCUT2D eigenvalue weighted by molar-refractivity contribution is -0.145. The monoisotopic (exact) mass is 795 g/mol. The van der Waals surface area contributed by atoms with Crippen molar-refractivity contribution in [1.29, 1.82) is 0 Å². The van der Waals surface area contributed by atoms with E-state index >= 15 is 0 Å². The molecule has 0 aromatic heterocycles. The van der Waals surface area contributed by atoms with Crippen molar-refractivity contribution in [2.75, 3.05) is 6.54 Å². The smallest absolute Gasteiger partial charge is 0.326 e. The molecular formula is C37H61N7O12. The summed E-state index contributed by atoms with van der Waals surface area (Å²) in [6.45, 7) is 7.95. The zero-order valence-electron chi connectivity index (χ0n) is 33.0. The van der Waals surface area contributed by atoms with E-state index in [4.69, 9.17) is 5.73 Å². The number of β-amino-alcohol motifs (C(OH)–C–C–N with tert-alkyl or cyclic N) is 1. The minimum absolute atomic E-state index is 0.00142. The van der Waals surface area contributed by atoms with Crippen molar-refractivity contribution in [3.8, 4) is 0 Å². The van der Waals surface area contributed by atoms with Crippen LogP contribution < -0.4 is 32.3 Å². The van der Waals surface area contributed by atoms with Gasteiger partial charge in [-0.2, -0.15) is 0 Å². The Morgan fingerprint density at radius 2 is 1.25 bits per heavy atom. The molecule has 0 bridgehead atoms. The average Bonchev–Trinajstić information content (AvgIpc) is 3.49. The third kappa shape index (κ3) is 16.1. The fourth-order valence-corrected chi connectivity index (χ4v) is 7.15. The van der Waals surface area contributed by atoms with Crippen LogP contribution >= 0.6 is 0 Å². The molecule has 1 heterocycles. The lowest BCUT2D eigenvalue weighted by Gasteiger charge is -2.31. The van der Waals surface area contributed by atoms with Gasteiger partial charge in [0.2, 0.25) is 41.4 Å². The Morgan fingerprint density at radius 3 is 1.79 bits per heavy atom. The Hall–Kier alpha value is -4.81. The molecule has 1 aliphatic carbocycles. The molecule has 1 saturated carbocycles. The lowest BCUT2D eigenvalue weighted by Crippen LogP contribution is -2.60. The molecule has 1 aliphatic heterocycles. The summed E-state index contributed by atoms with van der Waals surface area (Å²) in [4.78, 5) is 117. The van der Waals surface area contributed by atoms with E-state index in [1.807, 2.05) is 0 Å². The highest BCUT2D eigenvalue weighted by atomic mass is 16.4. The fourth-order valence-electron chi connectivity index (χ4n) is 7.15. The highest BCUT2D eigenvalue weighted by molar-refractivity contribution is 5.98. The van der Waals surface area contributed by atoms with Crippen LogP contribution in [0.25, 0.3) is 0 Å². The number of likely N-dealkylation sites (tertiary alicyclic amines) is 1. The minimum atomic E-state index is -1.73. The number of nitrogens with one attached hydrogen (secondary N) is 5. The van der Waals surface area contributed by atoms with Crippen molar-refractivity contribution in [3.05, 3.63) is 0 Å². The zero-order chi connectivity index (χ0) is 42.3. The van der Waals surface area contributed by atoms with Gasteiger partial charge < -0.3 is 52.5 Å².